The Kier molecular flexibility index (Phi) is 5.61. The molecule has 2 rings (SSSR count). The number of aromatic nitrogens is 3. The maximum atomic E-state index is 11.3. The van der Waals surface area contributed by atoms with Crippen molar-refractivity contribution in [3.8, 4) is 0 Å². The Bertz CT molecular complexity index is 599. The van der Waals surface area contributed by atoms with Crippen LogP contribution >= 0.6 is 0 Å². The first-order valence-electron chi connectivity index (χ1n) is 6.89. The number of rotatable bonds is 7. The summed E-state index contributed by atoms with van der Waals surface area (Å²) in [6.45, 7) is 0.576. The number of nitrogens with zero attached hydrogens (tertiary/aromatic N) is 2. The predicted molar refractivity (Wildman–Crippen MR) is 79.6 cm³/mol. The number of hydrogen-bond acceptors (Lipinski definition) is 5. The Morgan fingerprint density at radius 1 is 1.27 bits per heavy atom. The summed E-state index contributed by atoms with van der Waals surface area (Å²) >= 11 is 0. The lowest BCUT2D eigenvalue weighted by atomic mass is 10.1. The number of carbonyl (C=O) groups is 2. The van der Waals surface area contributed by atoms with Crippen molar-refractivity contribution in [2.24, 2.45) is 5.73 Å². The average molecular weight is 302 g/mol. The van der Waals surface area contributed by atoms with Crippen molar-refractivity contribution in [2.75, 3.05) is 6.54 Å². The molecule has 1 aromatic carbocycles. The summed E-state index contributed by atoms with van der Waals surface area (Å²) in [5.74, 6) is 0.318. The van der Waals surface area contributed by atoms with Crippen LogP contribution in [0.1, 0.15) is 30.3 Å². The van der Waals surface area contributed by atoms with Gasteiger partial charge < -0.3 is 11.1 Å². The second-order valence-corrected chi connectivity index (χ2v) is 4.68. The smallest absolute Gasteiger partial charge is 0.318 e. The summed E-state index contributed by atoms with van der Waals surface area (Å²) in [5.41, 5.74) is 5.92. The lowest BCUT2D eigenvalue weighted by Crippen LogP contribution is -2.35. The highest BCUT2D eigenvalue weighted by atomic mass is 16.2. The average Bonchev–Trinajstić information content (AvgIpc) is 3.01. The van der Waals surface area contributed by atoms with Gasteiger partial charge in [0, 0.05) is 6.42 Å². The summed E-state index contributed by atoms with van der Waals surface area (Å²) in [4.78, 5) is 26.1. The molecule has 0 spiro atoms. The van der Waals surface area contributed by atoms with Crippen LogP contribution in [-0.2, 0) is 4.79 Å². The van der Waals surface area contributed by atoms with E-state index in [1.165, 1.54) is 6.33 Å². The molecule has 8 nitrogen and oxygen atoms in total. The number of H-pyrrole nitrogens is 1. The van der Waals surface area contributed by atoms with Gasteiger partial charge in [-0.1, -0.05) is 30.3 Å². The normalized spacial score (nSPS) is 11.8. The Labute approximate surface area is 127 Å². The number of primary amides is 1. The van der Waals surface area contributed by atoms with Gasteiger partial charge in [-0.3, -0.25) is 15.2 Å². The van der Waals surface area contributed by atoms with Gasteiger partial charge in [-0.25, -0.2) is 9.78 Å². The van der Waals surface area contributed by atoms with E-state index in [1.807, 2.05) is 35.6 Å². The Morgan fingerprint density at radius 3 is 2.68 bits per heavy atom. The van der Waals surface area contributed by atoms with E-state index in [1.54, 1.807) is 0 Å². The van der Waals surface area contributed by atoms with E-state index in [4.69, 9.17) is 5.73 Å². The number of hydrogen-bond donors (Lipinski definition) is 4. The lowest BCUT2D eigenvalue weighted by molar-refractivity contribution is -0.120. The molecule has 2 aromatic rings. The molecule has 0 bridgehead atoms. The van der Waals surface area contributed by atoms with Crippen molar-refractivity contribution in [2.45, 2.75) is 18.9 Å². The van der Waals surface area contributed by atoms with E-state index in [-0.39, 0.29) is 18.4 Å². The molecule has 1 heterocycles. The second-order valence-electron chi connectivity index (χ2n) is 4.68. The summed E-state index contributed by atoms with van der Waals surface area (Å²) in [6, 6.07) is 8.83. The third-order valence-electron chi connectivity index (χ3n) is 3.03. The molecule has 0 aliphatic carbocycles. The standard InChI is InChI=1S/C14H18N6O2/c15-14(22)19-11(21)7-4-8-16-12(13-17-9-18-20-13)10-5-2-1-3-6-10/h1-3,5-6,9,12,16H,4,7-8H2,(H,17,18,20)(H3,15,19,21,22). The van der Waals surface area contributed by atoms with Crippen LogP contribution in [0.4, 0.5) is 4.79 Å². The molecule has 0 saturated heterocycles. The third kappa shape index (κ3) is 4.67. The molecule has 0 fully saturated rings. The highest BCUT2D eigenvalue weighted by Gasteiger charge is 2.16. The first-order valence-corrected chi connectivity index (χ1v) is 6.89. The molecule has 1 atom stereocenters. The monoisotopic (exact) mass is 302 g/mol. The first-order chi connectivity index (χ1) is 10.7. The molecular formula is C14H18N6O2. The van der Waals surface area contributed by atoms with Crippen LogP contribution in [0, 0.1) is 0 Å². The third-order valence-corrected chi connectivity index (χ3v) is 3.03. The number of urea groups is 1. The minimum Gasteiger partial charge on any atom is -0.351 e. The number of imide groups is 1. The Morgan fingerprint density at radius 2 is 2.05 bits per heavy atom. The number of amides is 3. The summed E-state index contributed by atoms with van der Waals surface area (Å²) in [7, 11) is 0. The highest BCUT2D eigenvalue weighted by Crippen LogP contribution is 2.17. The van der Waals surface area contributed by atoms with Crippen LogP contribution in [0.3, 0.4) is 0 Å². The molecule has 22 heavy (non-hydrogen) atoms. The van der Waals surface area contributed by atoms with Crippen molar-refractivity contribution >= 4 is 11.9 Å². The highest BCUT2D eigenvalue weighted by molar-refractivity contribution is 5.93. The molecule has 5 N–H and O–H groups in total. The zero-order valence-corrected chi connectivity index (χ0v) is 12.0. The van der Waals surface area contributed by atoms with E-state index >= 15 is 0 Å². The quantitative estimate of drug-likeness (QED) is 0.553. The van der Waals surface area contributed by atoms with Crippen LogP contribution in [0.25, 0.3) is 0 Å². The number of benzene rings is 1. The van der Waals surface area contributed by atoms with Gasteiger partial charge >= 0.3 is 6.03 Å². The molecule has 3 amide bonds. The molecule has 1 aromatic heterocycles. The number of aromatic amines is 1. The van der Waals surface area contributed by atoms with E-state index in [9.17, 15) is 9.59 Å². The molecule has 8 heteroatoms. The topological polar surface area (TPSA) is 126 Å². The molecule has 0 aliphatic rings. The Hall–Kier alpha value is -2.74. The van der Waals surface area contributed by atoms with Gasteiger partial charge in [0.15, 0.2) is 0 Å². The van der Waals surface area contributed by atoms with Gasteiger partial charge in [0.1, 0.15) is 12.2 Å². The number of nitrogens with one attached hydrogen (secondary N) is 3. The molecule has 0 aliphatic heterocycles. The van der Waals surface area contributed by atoms with Crippen molar-refractivity contribution < 1.29 is 9.59 Å². The minimum absolute atomic E-state index is 0.136. The van der Waals surface area contributed by atoms with Crippen LogP contribution in [0.5, 0.6) is 0 Å². The molecular weight excluding hydrogens is 284 g/mol. The van der Waals surface area contributed by atoms with E-state index in [0.29, 0.717) is 18.8 Å². The second kappa shape index (κ2) is 7.89. The summed E-state index contributed by atoms with van der Waals surface area (Å²) < 4.78 is 0. The fourth-order valence-corrected chi connectivity index (χ4v) is 2.07. The molecule has 0 saturated carbocycles. The zero-order chi connectivity index (χ0) is 15.8. The van der Waals surface area contributed by atoms with Gasteiger partial charge in [0.2, 0.25) is 5.91 Å². The van der Waals surface area contributed by atoms with Gasteiger partial charge in [0.05, 0.1) is 6.04 Å². The van der Waals surface area contributed by atoms with Gasteiger partial charge in [0.25, 0.3) is 0 Å². The summed E-state index contributed by atoms with van der Waals surface area (Å²) in [6.07, 6.45) is 2.23. The van der Waals surface area contributed by atoms with Crippen LogP contribution in [0.2, 0.25) is 0 Å². The number of carbonyl (C=O) groups excluding carboxylic acids is 2. The first kappa shape index (κ1) is 15.6. The van der Waals surface area contributed by atoms with Gasteiger partial charge in [-0.05, 0) is 18.5 Å². The lowest BCUT2D eigenvalue weighted by Gasteiger charge is -2.16. The van der Waals surface area contributed by atoms with Crippen molar-refractivity contribution in [1.82, 2.24) is 25.8 Å². The van der Waals surface area contributed by atoms with Crippen molar-refractivity contribution in [1.29, 1.82) is 0 Å². The predicted octanol–water partition coefficient (Wildman–Crippen LogP) is 0.459. The fraction of sp³-hybridized carbons (Fsp3) is 0.286. The molecule has 0 radical (unpaired) electrons. The summed E-state index contributed by atoms with van der Waals surface area (Å²) in [5, 5.41) is 12.1. The van der Waals surface area contributed by atoms with E-state index in [0.717, 1.165) is 5.56 Å². The maximum absolute atomic E-state index is 11.3. The number of nitrogens with two attached hydrogens (primary N) is 1. The largest absolute Gasteiger partial charge is 0.351 e. The molecule has 116 valence electrons. The van der Waals surface area contributed by atoms with E-state index < -0.39 is 6.03 Å². The minimum atomic E-state index is -0.832. The maximum Gasteiger partial charge on any atom is 0.318 e. The van der Waals surface area contributed by atoms with Gasteiger partial charge in [-0.15, -0.1) is 0 Å². The van der Waals surface area contributed by atoms with Crippen molar-refractivity contribution in [3.63, 3.8) is 0 Å². The SMILES string of the molecule is NC(=O)NC(=O)CCCNC(c1ccccc1)c1ncn[nH]1. The fourth-order valence-electron chi connectivity index (χ4n) is 2.07. The van der Waals surface area contributed by atoms with Crippen LogP contribution in [0.15, 0.2) is 36.7 Å². The van der Waals surface area contributed by atoms with Crippen molar-refractivity contribution in [3.05, 3.63) is 48.0 Å². The van der Waals surface area contributed by atoms with Gasteiger partial charge in [-0.2, -0.15) is 5.10 Å². The Balaban J connectivity index is 1.89. The molecule has 1 unspecified atom stereocenters. The van der Waals surface area contributed by atoms with Crippen LogP contribution in [-0.4, -0.2) is 33.7 Å². The van der Waals surface area contributed by atoms with E-state index in [2.05, 4.69) is 20.5 Å². The zero-order valence-electron chi connectivity index (χ0n) is 12.0. The van der Waals surface area contributed by atoms with Crippen LogP contribution < -0.4 is 16.4 Å².